The summed E-state index contributed by atoms with van der Waals surface area (Å²) in [6.07, 6.45) is 1.55. The van der Waals surface area contributed by atoms with Crippen molar-refractivity contribution in [3.05, 3.63) is 35.4 Å². The number of likely N-dealkylation sites (tertiary alicyclic amines) is 1. The van der Waals surface area contributed by atoms with E-state index >= 15 is 0 Å². The van der Waals surface area contributed by atoms with Crippen molar-refractivity contribution in [3.8, 4) is 0 Å². The molecule has 1 heterocycles. The van der Waals surface area contributed by atoms with Gasteiger partial charge in [-0.2, -0.15) is 0 Å². The Balaban J connectivity index is 1.99. The monoisotopic (exact) mass is 267 g/mol. The number of piperidine rings is 1. The molecular weight excluding hydrogens is 248 g/mol. The molecule has 1 saturated heterocycles. The molecule has 19 heavy (non-hydrogen) atoms. The molecule has 5 heteroatoms. The Morgan fingerprint density at radius 1 is 1.37 bits per heavy atom. The van der Waals surface area contributed by atoms with Crippen molar-refractivity contribution in [3.63, 3.8) is 0 Å². The van der Waals surface area contributed by atoms with E-state index in [2.05, 4.69) is 4.90 Å². The summed E-state index contributed by atoms with van der Waals surface area (Å²) >= 11 is 0. The van der Waals surface area contributed by atoms with Crippen LogP contribution in [0.5, 0.6) is 0 Å². The molecule has 3 N–H and O–H groups in total. The molecule has 0 atom stereocenters. The van der Waals surface area contributed by atoms with Crippen LogP contribution in [0.2, 0.25) is 0 Å². The van der Waals surface area contributed by atoms with Crippen molar-refractivity contribution in [1.29, 1.82) is 5.41 Å². The number of nitrogens with two attached hydrogens (primary N) is 1. The summed E-state index contributed by atoms with van der Waals surface area (Å²) in [4.78, 5) is 2.07. The van der Waals surface area contributed by atoms with Crippen LogP contribution in [-0.4, -0.2) is 23.8 Å². The fourth-order valence-corrected chi connectivity index (χ4v) is 2.38. The standard InChI is InChI=1S/C14H19F2N3/c1-14(13(17)18)4-6-19(7-5-14)9-10-8-11(15)2-3-12(10)16/h2-3,8H,4-7,9H2,1H3,(H3,17,18). The third-order valence-corrected chi connectivity index (χ3v) is 4.01. The van der Waals surface area contributed by atoms with E-state index in [0.717, 1.165) is 38.1 Å². The van der Waals surface area contributed by atoms with Gasteiger partial charge in [0.05, 0.1) is 5.84 Å². The van der Waals surface area contributed by atoms with E-state index in [9.17, 15) is 8.78 Å². The maximum Gasteiger partial charge on any atom is 0.127 e. The number of nitrogens with zero attached hydrogens (tertiary/aromatic N) is 1. The summed E-state index contributed by atoms with van der Waals surface area (Å²) in [6, 6.07) is 3.53. The Hall–Kier alpha value is -1.49. The van der Waals surface area contributed by atoms with Crippen molar-refractivity contribution in [2.45, 2.75) is 26.3 Å². The van der Waals surface area contributed by atoms with Gasteiger partial charge in [-0.15, -0.1) is 0 Å². The SMILES string of the molecule is CC1(C(=N)N)CCN(Cc2cc(F)ccc2F)CC1. The average molecular weight is 267 g/mol. The summed E-state index contributed by atoms with van der Waals surface area (Å²) in [6.45, 7) is 3.87. The van der Waals surface area contributed by atoms with Crippen LogP contribution in [0, 0.1) is 22.5 Å². The number of hydrogen-bond donors (Lipinski definition) is 2. The minimum Gasteiger partial charge on any atom is -0.387 e. The highest BCUT2D eigenvalue weighted by Crippen LogP contribution is 2.31. The number of benzene rings is 1. The normalized spacial score (nSPS) is 19.3. The second-order valence-electron chi connectivity index (χ2n) is 5.49. The Morgan fingerprint density at radius 3 is 2.58 bits per heavy atom. The van der Waals surface area contributed by atoms with Crippen LogP contribution >= 0.6 is 0 Å². The third-order valence-electron chi connectivity index (χ3n) is 4.01. The molecule has 0 aliphatic carbocycles. The first-order chi connectivity index (χ1) is 8.90. The molecule has 0 spiro atoms. The summed E-state index contributed by atoms with van der Waals surface area (Å²) in [5.41, 5.74) is 5.73. The zero-order chi connectivity index (χ0) is 14.0. The Morgan fingerprint density at radius 2 is 2.00 bits per heavy atom. The quantitative estimate of drug-likeness (QED) is 0.653. The van der Waals surface area contributed by atoms with Crippen molar-refractivity contribution in [1.82, 2.24) is 4.90 Å². The minimum absolute atomic E-state index is 0.212. The van der Waals surface area contributed by atoms with Gasteiger partial charge in [0.25, 0.3) is 0 Å². The molecule has 1 aliphatic heterocycles. The lowest BCUT2D eigenvalue weighted by Gasteiger charge is -2.38. The third kappa shape index (κ3) is 3.10. The zero-order valence-corrected chi connectivity index (χ0v) is 11.0. The maximum absolute atomic E-state index is 13.6. The molecule has 104 valence electrons. The number of halogens is 2. The Kier molecular flexibility index (Phi) is 3.85. The fourth-order valence-electron chi connectivity index (χ4n) is 2.38. The van der Waals surface area contributed by atoms with E-state index in [1.807, 2.05) is 6.92 Å². The minimum atomic E-state index is -0.415. The van der Waals surface area contributed by atoms with Gasteiger partial charge in [0, 0.05) is 17.5 Å². The predicted molar refractivity (Wildman–Crippen MR) is 70.9 cm³/mol. The second kappa shape index (κ2) is 5.25. The topological polar surface area (TPSA) is 53.1 Å². The van der Waals surface area contributed by atoms with Crippen molar-refractivity contribution in [2.24, 2.45) is 11.1 Å². The lowest BCUT2D eigenvalue weighted by atomic mass is 9.79. The van der Waals surface area contributed by atoms with Gasteiger partial charge in [-0.1, -0.05) is 6.92 Å². The van der Waals surface area contributed by atoms with Crippen LogP contribution in [0.4, 0.5) is 8.78 Å². The van der Waals surface area contributed by atoms with Crippen molar-refractivity contribution >= 4 is 5.84 Å². The smallest absolute Gasteiger partial charge is 0.127 e. The van der Waals surface area contributed by atoms with E-state index in [0.29, 0.717) is 12.1 Å². The lowest BCUT2D eigenvalue weighted by molar-refractivity contribution is 0.154. The van der Waals surface area contributed by atoms with Gasteiger partial charge < -0.3 is 5.73 Å². The molecule has 0 bridgehead atoms. The molecule has 1 fully saturated rings. The highest BCUT2D eigenvalue weighted by molar-refractivity contribution is 5.83. The van der Waals surface area contributed by atoms with Crippen molar-refractivity contribution in [2.75, 3.05) is 13.1 Å². The van der Waals surface area contributed by atoms with E-state index in [-0.39, 0.29) is 17.1 Å². The maximum atomic E-state index is 13.6. The van der Waals surface area contributed by atoms with Crippen molar-refractivity contribution < 1.29 is 8.78 Å². The number of nitrogens with one attached hydrogen (secondary N) is 1. The van der Waals surface area contributed by atoms with Gasteiger partial charge in [0.1, 0.15) is 11.6 Å². The molecule has 1 aromatic rings. The first kappa shape index (κ1) is 13.9. The molecule has 0 radical (unpaired) electrons. The molecule has 1 aliphatic rings. The Bertz CT molecular complexity index is 480. The number of hydrogen-bond acceptors (Lipinski definition) is 2. The highest BCUT2D eigenvalue weighted by Gasteiger charge is 2.32. The van der Waals surface area contributed by atoms with E-state index in [1.165, 1.54) is 6.07 Å². The molecular formula is C14H19F2N3. The highest BCUT2D eigenvalue weighted by atomic mass is 19.1. The van der Waals surface area contributed by atoms with Gasteiger partial charge >= 0.3 is 0 Å². The lowest BCUT2D eigenvalue weighted by Crippen LogP contribution is -2.44. The first-order valence-corrected chi connectivity index (χ1v) is 6.41. The van der Waals surface area contributed by atoms with Gasteiger partial charge in [0.2, 0.25) is 0 Å². The fraction of sp³-hybridized carbons (Fsp3) is 0.500. The summed E-state index contributed by atoms with van der Waals surface area (Å²) < 4.78 is 26.7. The number of rotatable bonds is 3. The van der Waals surface area contributed by atoms with Gasteiger partial charge in [-0.25, -0.2) is 8.78 Å². The largest absolute Gasteiger partial charge is 0.387 e. The summed E-state index contributed by atoms with van der Waals surface area (Å²) in [5.74, 6) is -0.577. The van der Waals surface area contributed by atoms with E-state index < -0.39 is 5.82 Å². The van der Waals surface area contributed by atoms with Gasteiger partial charge in [-0.3, -0.25) is 10.3 Å². The number of amidine groups is 1. The average Bonchev–Trinajstić information content (AvgIpc) is 2.36. The molecule has 1 aromatic carbocycles. The Labute approximate surface area is 111 Å². The van der Waals surface area contributed by atoms with E-state index in [4.69, 9.17) is 11.1 Å². The molecule has 3 nitrogen and oxygen atoms in total. The zero-order valence-electron chi connectivity index (χ0n) is 11.0. The van der Waals surface area contributed by atoms with Crippen LogP contribution in [0.3, 0.4) is 0 Å². The molecule has 0 unspecified atom stereocenters. The molecule has 0 aromatic heterocycles. The second-order valence-corrected chi connectivity index (χ2v) is 5.49. The van der Waals surface area contributed by atoms with Crippen LogP contribution in [0.15, 0.2) is 18.2 Å². The molecule has 0 amide bonds. The summed E-state index contributed by atoms with van der Waals surface area (Å²) in [5, 5.41) is 7.58. The van der Waals surface area contributed by atoms with Gasteiger partial charge in [-0.05, 0) is 44.1 Å². The first-order valence-electron chi connectivity index (χ1n) is 6.41. The van der Waals surface area contributed by atoms with Crippen LogP contribution in [0.1, 0.15) is 25.3 Å². The van der Waals surface area contributed by atoms with E-state index in [1.54, 1.807) is 0 Å². The predicted octanol–water partition coefficient (Wildman–Crippen LogP) is 2.50. The van der Waals surface area contributed by atoms with Crippen LogP contribution in [0.25, 0.3) is 0 Å². The summed E-state index contributed by atoms with van der Waals surface area (Å²) in [7, 11) is 0. The molecule has 2 rings (SSSR count). The van der Waals surface area contributed by atoms with Gasteiger partial charge in [0.15, 0.2) is 0 Å². The molecule has 0 saturated carbocycles. The van der Waals surface area contributed by atoms with Crippen LogP contribution < -0.4 is 5.73 Å². The van der Waals surface area contributed by atoms with Crippen LogP contribution in [-0.2, 0) is 6.54 Å².